The predicted molar refractivity (Wildman–Crippen MR) is 104 cm³/mol. The maximum absolute atomic E-state index is 12.3. The number of ether oxygens (including phenoxy) is 1. The molecule has 1 saturated heterocycles. The molecule has 0 bridgehead atoms. The highest BCUT2D eigenvalue weighted by Crippen LogP contribution is 2.18. The lowest BCUT2D eigenvalue weighted by Gasteiger charge is -2.31. The van der Waals surface area contributed by atoms with Crippen LogP contribution in [0.2, 0.25) is 0 Å². The van der Waals surface area contributed by atoms with Crippen molar-refractivity contribution < 1.29 is 14.3 Å². The van der Waals surface area contributed by atoms with Crippen LogP contribution in [0.3, 0.4) is 0 Å². The van der Waals surface area contributed by atoms with Crippen molar-refractivity contribution in [2.75, 3.05) is 26.2 Å². The second-order valence-electron chi connectivity index (χ2n) is 6.78. The zero-order valence-corrected chi connectivity index (χ0v) is 15.5. The number of rotatable bonds is 7. The Morgan fingerprint density at radius 3 is 2.26 bits per heavy atom. The molecule has 2 amide bonds. The van der Waals surface area contributed by atoms with Gasteiger partial charge in [0.2, 0.25) is 5.91 Å². The van der Waals surface area contributed by atoms with Crippen LogP contribution in [0, 0.1) is 5.92 Å². The number of carbonyl (C=O) groups excluding carboxylic acids is 2. The summed E-state index contributed by atoms with van der Waals surface area (Å²) in [6.07, 6.45) is 2.24. The first-order chi connectivity index (χ1) is 13.2. The van der Waals surface area contributed by atoms with Gasteiger partial charge in [-0.1, -0.05) is 48.5 Å². The number of para-hydroxylation sites is 1. The molecule has 0 atom stereocenters. The largest absolute Gasteiger partial charge is 0.484 e. The van der Waals surface area contributed by atoms with Crippen LogP contribution in [0.15, 0.2) is 60.7 Å². The molecule has 0 radical (unpaired) electrons. The number of hydrogen-bond acceptors (Lipinski definition) is 3. The Kier molecular flexibility index (Phi) is 6.85. The molecule has 2 aromatic carbocycles. The lowest BCUT2D eigenvalue weighted by atomic mass is 9.96. The van der Waals surface area contributed by atoms with E-state index < -0.39 is 0 Å². The average molecular weight is 366 g/mol. The third-order valence-corrected chi connectivity index (χ3v) is 4.88. The molecule has 5 heteroatoms. The first-order valence-corrected chi connectivity index (χ1v) is 9.49. The van der Waals surface area contributed by atoms with Crippen molar-refractivity contribution in [2.24, 2.45) is 5.92 Å². The van der Waals surface area contributed by atoms with E-state index in [1.165, 1.54) is 5.56 Å². The fourth-order valence-corrected chi connectivity index (χ4v) is 3.26. The third kappa shape index (κ3) is 5.84. The van der Waals surface area contributed by atoms with Crippen molar-refractivity contribution in [3.8, 4) is 5.75 Å². The van der Waals surface area contributed by atoms with Crippen LogP contribution in [-0.2, 0) is 16.0 Å². The van der Waals surface area contributed by atoms with Crippen molar-refractivity contribution in [1.29, 1.82) is 0 Å². The van der Waals surface area contributed by atoms with E-state index in [2.05, 4.69) is 17.4 Å². The standard InChI is InChI=1S/C22H26N2O3/c25-21(17-27-20-9-5-2-6-10-20)24-15-12-19(13-16-24)22(26)23-14-11-18-7-3-1-4-8-18/h1-10,19H,11-17H2,(H,23,26). The van der Waals surface area contributed by atoms with E-state index in [9.17, 15) is 9.59 Å². The van der Waals surface area contributed by atoms with Crippen LogP contribution in [0.1, 0.15) is 18.4 Å². The molecule has 0 unspecified atom stereocenters. The number of carbonyl (C=O) groups is 2. The van der Waals surface area contributed by atoms with Gasteiger partial charge in [-0.3, -0.25) is 9.59 Å². The summed E-state index contributed by atoms with van der Waals surface area (Å²) in [5.41, 5.74) is 1.22. The summed E-state index contributed by atoms with van der Waals surface area (Å²) in [7, 11) is 0. The van der Waals surface area contributed by atoms with Gasteiger partial charge in [-0.15, -0.1) is 0 Å². The Labute approximate surface area is 160 Å². The summed E-state index contributed by atoms with van der Waals surface area (Å²) in [5.74, 6) is 0.749. The topological polar surface area (TPSA) is 58.6 Å². The lowest BCUT2D eigenvalue weighted by molar-refractivity contribution is -0.137. The van der Waals surface area contributed by atoms with Crippen LogP contribution in [0.4, 0.5) is 0 Å². The molecule has 5 nitrogen and oxygen atoms in total. The van der Waals surface area contributed by atoms with Crippen molar-refractivity contribution in [2.45, 2.75) is 19.3 Å². The van der Waals surface area contributed by atoms with E-state index in [1.54, 1.807) is 4.90 Å². The van der Waals surface area contributed by atoms with Crippen LogP contribution < -0.4 is 10.1 Å². The van der Waals surface area contributed by atoms with Gasteiger partial charge in [-0.05, 0) is 37.0 Å². The van der Waals surface area contributed by atoms with Crippen LogP contribution in [0.25, 0.3) is 0 Å². The van der Waals surface area contributed by atoms with Gasteiger partial charge in [-0.2, -0.15) is 0 Å². The van der Waals surface area contributed by atoms with Crippen molar-refractivity contribution in [1.82, 2.24) is 10.2 Å². The van der Waals surface area contributed by atoms with E-state index in [-0.39, 0.29) is 24.3 Å². The van der Waals surface area contributed by atoms with Gasteiger partial charge in [0, 0.05) is 25.6 Å². The molecule has 27 heavy (non-hydrogen) atoms. The molecule has 1 fully saturated rings. The Balaban J connectivity index is 1.35. The SMILES string of the molecule is O=C(NCCc1ccccc1)C1CCN(C(=O)COc2ccccc2)CC1. The summed E-state index contributed by atoms with van der Waals surface area (Å²) in [4.78, 5) is 26.4. The Bertz CT molecular complexity index is 726. The molecule has 3 rings (SSSR count). The number of nitrogens with zero attached hydrogens (tertiary/aromatic N) is 1. The average Bonchev–Trinajstić information content (AvgIpc) is 2.73. The first-order valence-electron chi connectivity index (χ1n) is 9.49. The van der Waals surface area contributed by atoms with Crippen LogP contribution >= 0.6 is 0 Å². The number of benzene rings is 2. The van der Waals surface area contributed by atoms with Gasteiger partial charge in [0.15, 0.2) is 6.61 Å². The number of nitrogens with one attached hydrogen (secondary N) is 1. The fraction of sp³-hybridized carbons (Fsp3) is 0.364. The maximum atomic E-state index is 12.3. The summed E-state index contributed by atoms with van der Waals surface area (Å²) >= 11 is 0. The predicted octanol–water partition coefficient (Wildman–Crippen LogP) is 2.66. The Morgan fingerprint density at radius 1 is 0.963 bits per heavy atom. The van der Waals surface area contributed by atoms with E-state index in [1.807, 2.05) is 48.5 Å². The Hall–Kier alpha value is -2.82. The highest BCUT2D eigenvalue weighted by molar-refractivity contribution is 5.80. The van der Waals surface area contributed by atoms with Gasteiger partial charge in [0.25, 0.3) is 5.91 Å². The summed E-state index contributed by atoms with van der Waals surface area (Å²) in [6.45, 7) is 1.90. The van der Waals surface area contributed by atoms with Crippen molar-refractivity contribution in [3.05, 3.63) is 66.2 Å². The van der Waals surface area contributed by atoms with E-state index in [0.717, 1.165) is 6.42 Å². The van der Waals surface area contributed by atoms with E-state index in [4.69, 9.17) is 4.74 Å². The minimum atomic E-state index is -0.0261. The summed E-state index contributed by atoms with van der Waals surface area (Å²) in [5, 5.41) is 3.02. The molecular weight excluding hydrogens is 340 g/mol. The highest BCUT2D eigenvalue weighted by Gasteiger charge is 2.27. The molecule has 0 aliphatic carbocycles. The second-order valence-corrected chi connectivity index (χ2v) is 6.78. The number of piperidine rings is 1. The normalized spacial score (nSPS) is 14.6. The van der Waals surface area contributed by atoms with Gasteiger partial charge in [0.1, 0.15) is 5.75 Å². The number of hydrogen-bond donors (Lipinski definition) is 1. The first kappa shape index (κ1) is 19.0. The molecule has 1 N–H and O–H groups in total. The van der Waals surface area contributed by atoms with Crippen molar-refractivity contribution >= 4 is 11.8 Å². The van der Waals surface area contributed by atoms with Gasteiger partial charge < -0.3 is 15.0 Å². The quantitative estimate of drug-likeness (QED) is 0.820. The third-order valence-electron chi connectivity index (χ3n) is 4.88. The molecule has 1 aliphatic heterocycles. The molecule has 0 saturated carbocycles. The van der Waals surface area contributed by atoms with Crippen LogP contribution in [-0.4, -0.2) is 43.0 Å². The summed E-state index contributed by atoms with van der Waals surface area (Å²) in [6, 6.07) is 19.5. The van der Waals surface area contributed by atoms with E-state index in [0.29, 0.717) is 38.2 Å². The smallest absolute Gasteiger partial charge is 0.260 e. The monoisotopic (exact) mass is 366 g/mol. The molecular formula is C22H26N2O3. The van der Waals surface area contributed by atoms with Gasteiger partial charge in [-0.25, -0.2) is 0 Å². The molecule has 1 heterocycles. The fourth-order valence-electron chi connectivity index (χ4n) is 3.26. The summed E-state index contributed by atoms with van der Waals surface area (Å²) < 4.78 is 5.52. The van der Waals surface area contributed by atoms with Crippen molar-refractivity contribution in [3.63, 3.8) is 0 Å². The minimum Gasteiger partial charge on any atom is -0.484 e. The van der Waals surface area contributed by atoms with Gasteiger partial charge >= 0.3 is 0 Å². The molecule has 142 valence electrons. The minimum absolute atomic E-state index is 0.0140. The highest BCUT2D eigenvalue weighted by atomic mass is 16.5. The molecule has 1 aliphatic rings. The zero-order valence-electron chi connectivity index (χ0n) is 15.5. The zero-order chi connectivity index (χ0) is 18.9. The molecule has 2 aromatic rings. The molecule has 0 spiro atoms. The van der Waals surface area contributed by atoms with Gasteiger partial charge in [0.05, 0.1) is 0 Å². The molecule has 0 aromatic heterocycles. The van der Waals surface area contributed by atoms with Crippen LogP contribution in [0.5, 0.6) is 5.75 Å². The maximum Gasteiger partial charge on any atom is 0.260 e. The van der Waals surface area contributed by atoms with E-state index >= 15 is 0 Å². The lowest BCUT2D eigenvalue weighted by Crippen LogP contribution is -2.44. The number of likely N-dealkylation sites (tertiary alicyclic amines) is 1. The second kappa shape index (κ2) is 9.76. The number of amides is 2. The Morgan fingerprint density at radius 2 is 1.59 bits per heavy atom.